The molecule has 1 atom stereocenters. The second-order valence-electron chi connectivity index (χ2n) is 8.98. The number of methoxy groups -OCH3 is 2. The van der Waals surface area contributed by atoms with E-state index in [4.69, 9.17) is 26.4 Å². The Morgan fingerprint density at radius 3 is 2.26 bits per heavy atom. The summed E-state index contributed by atoms with van der Waals surface area (Å²) < 4.78 is 17.5. The fourth-order valence-corrected chi connectivity index (χ4v) is 5.03. The van der Waals surface area contributed by atoms with Crippen LogP contribution in [0.2, 0.25) is 0 Å². The van der Waals surface area contributed by atoms with E-state index in [1.807, 2.05) is 12.1 Å². The van der Waals surface area contributed by atoms with Gasteiger partial charge in [-0.25, -0.2) is 0 Å². The Morgan fingerprint density at radius 1 is 0.971 bits per heavy atom. The second-order valence-corrected chi connectivity index (χ2v) is 9.37. The number of thiocarbonyl (C=S) groups is 1. The van der Waals surface area contributed by atoms with Gasteiger partial charge in [0.15, 0.2) is 16.6 Å². The molecule has 1 unspecified atom stereocenters. The van der Waals surface area contributed by atoms with Gasteiger partial charge in [0, 0.05) is 12.2 Å². The van der Waals surface area contributed by atoms with Crippen LogP contribution in [-0.4, -0.2) is 37.4 Å². The van der Waals surface area contributed by atoms with Gasteiger partial charge >= 0.3 is 0 Å². The summed E-state index contributed by atoms with van der Waals surface area (Å²) in [5, 5.41) is 4.15. The normalized spacial score (nSPS) is 14.8. The zero-order valence-electron chi connectivity index (χ0n) is 21.2. The number of benzene rings is 3. The highest BCUT2D eigenvalue weighted by atomic mass is 32.1. The number of nitrogens with one attached hydrogen (secondary N) is 1. The number of hydrogen-bond donors (Lipinski definition) is 1. The quantitative estimate of drug-likeness (QED) is 0.395. The molecular formula is C29H34N2O3S. The number of fused-ring (bicyclic) bond motifs is 1. The van der Waals surface area contributed by atoms with Gasteiger partial charge in [0.2, 0.25) is 0 Å². The van der Waals surface area contributed by atoms with Crippen molar-refractivity contribution in [3.8, 4) is 17.2 Å². The van der Waals surface area contributed by atoms with Crippen molar-refractivity contribution < 1.29 is 14.2 Å². The number of hydrogen-bond acceptors (Lipinski definition) is 4. The molecule has 0 aromatic heterocycles. The van der Waals surface area contributed by atoms with E-state index in [-0.39, 0.29) is 6.04 Å². The van der Waals surface area contributed by atoms with Crippen LogP contribution in [0.3, 0.4) is 0 Å². The van der Waals surface area contributed by atoms with E-state index in [0.29, 0.717) is 17.5 Å². The first-order valence-corrected chi connectivity index (χ1v) is 12.4. The fourth-order valence-electron chi connectivity index (χ4n) is 4.69. The Labute approximate surface area is 214 Å². The van der Waals surface area contributed by atoms with E-state index in [2.05, 4.69) is 73.5 Å². The molecule has 35 heavy (non-hydrogen) atoms. The third-order valence-corrected chi connectivity index (χ3v) is 6.81. The van der Waals surface area contributed by atoms with Gasteiger partial charge in [0.1, 0.15) is 12.4 Å². The summed E-state index contributed by atoms with van der Waals surface area (Å²) in [6, 6.07) is 18.8. The number of anilines is 1. The molecule has 6 heteroatoms. The van der Waals surface area contributed by atoms with Crippen LogP contribution in [0.4, 0.5) is 5.69 Å². The maximum atomic E-state index is 6.30. The van der Waals surface area contributed by atoms with Gasteiger partial charge in [0.25, 0.3) is 0 Å². The topological polar surface area (TPSA) is 43.0 Å². The first kappa shape index (κ1) is 24.9. The average molecular weight is 491 g/mol. The first-order valence-electron chi connectivity index (χ1n) is 12.0. The Kier molecular flexibility index (Phi) is 7.81. The highest BCUT2D eigenvalue weighted by molar-refractivity contribution is 7.80. The molecule has 0 fully saturated rings. The van der Waals surface area contributed by atoms with Crippen molar-refractivity contribution in [3.63, 3.8) is 0 Å². The van der Waals surface area contributed by atoms with Crippen LogP contribution >= 0.6 is 12.2 Å². The Balaban J connectivity index is 1.64. The van der Waals surface area contributed by atoms with Crippen LogP contribution in [0.25, 0.3) is 0 Å². The summed E-state index contributed by atoms with van der Waals surface area (Å²) in [6.07, 6.45) is 1.86. The molecule has 1 aliphatic heterocycles. The van der Waals surface area contributed by atoms with Crippen LogP contribution in [0, 0.1) is 13.8 Å². The molecule has 0 radical (unpaired) electrons. The molecule has 3 aromatic rings. The van der Waals surface area contributed by atoms with Crippen LogP contribution in [0.5, 0.6) is 17.2 Å². The molecule has 1 heterocycles. The van der Waals surface area contributed by atoms with Gasteiger partial charge in [0.05, 0.1) is 20.3 Å². The maximum Gasteiger partial charge on any atom is 0.174 e. The van der Waals surface area contributed by atoms with Crippen molar-refractivity contribution in [3.05, 3.63) is 82.4 Å². The molecule has 184 valence electrons. The molecule has 1 aliphatic rings. The zero-order chi connectivity index (χ0) is 24.9. The van der Waals surface area contributed by atoms with E-state index in [9.17, 15) is 0 Å². The van der Waals surface area contributed by atoms with Crippen LogP contribution in [-0.2, 0) is 12.8 Å². The Hall–Kier alpha value is -3.25. The lowest BCUT2D eigenvalue weighted by molar-refractivity contribution is 0.190. The monoisotopic (exact) mass is 490 g/mol. The van der Waals surface area contributed by atoms with Crippen molar-refractivity contribution in [2.24, 2.45) is 0 Å². The third kappa shape index (κ3) is 5.70. The number of nitrogens with zero attached hydrogens (tertiary/aromatic N) is 1. The number of aryl methyl sites for hydroxylation is 3. The minimum atomic E-state index is -0.0738. The number of ether oxygens (including phenoxy) is 3. The third-order valence-electron chi connectivity index (χ3n) is 6.48. The molecule has 3 aromatic carbocycles. The highest BCUT2D eigenvalue weighted by Crippen LogP contribution is 2.38. The van der Waals surface area contributed by atoms with Crippen LogP contribution in [0.15, 0.2) is 54.6 Å². The summed E-state index contributed by atoms with van der Waals surface area (Å²) in [4.78, 5) is 2.22. The predicted octanol–water partition coefficient (Wildman–Crippen LogP) is 6.26. The van der Waals surface area contributed by atoms with E-state index in [1.54, 1.807) is 14.2 Å². The summed E-state index contributed by atoms with van der Waals surface area (Å²) in [5.74, 6) is 2.30. The molecule has 0 spiro atoms. The van der Waals surface area contributed by atoms with Crippen molar-refractivity contribution in [1.29, 1.82) is 0 Å². The second kappa shape index (κ2) is 11.0. The molecule has 0 aliphatic carbocycles. The van der Waals surface area contributed by atoms with Gasteiger partial charge in [-0.15, -0.1) is 0 Å². The average Bonchev–Trinajstić information content (AvgIpc) is 2.85. The predicted molar refractivity (Wildman–Crippen MR) is 146 cm³/mol. The standard InChI is InChI=1S/C29H34N2O3S/c1-6-21-7-9-24(10-8-21)34-18-26-25-17-28(33-5)27(32-4)16-22(25)11-12-31(26)29(35)30-23-14-19(2)13-20(3)15-23/h7-10,13-17,26H,6,11-12,18H2,1-5H3,(H,30,35). The summed E-state index contributed by atoms with van der Waals surface area (Å²) in [6.45, 7) is 7.58. The Morgan fingerprint density at radius 2 is 1.63 bits per heavy atom. The van der Waals surface area contributed by atoms with Gasteiger partial charge < -0.3 is 24.4 Å². The fraction of sp³-hybridized carbons (Fsp3) is 0.345. The lowest BCUT2D eigenvalue weighted by atomic mass is 9.92. The zero-order valence-corrected chi connectivity index (χ0v) is 22.0. The van der Waals surface area contributed by atoms with Crippen molar-refractivity contribution in [2.75, 3.05) is 32.7 Å². The molecule has 1 N–H and O–H groups in total. The van der Waals surface area contributed by atoms with Crippen molar-refractivity contribution in [1.82, 2.24) is 4.90 Å². The van der Waals surface area contributed by atoms with Crippen LogP contribution < -0.4 is 19.5 Å². The smallest absolute Gasteiger partial charge is 0.174 e. The molecule has 5 nitrogen and oxygen atoms in total. The highest BCUT2D eigenvalue weighted by Gasteiger charge is 2.31. The summed E-state index contributed by atoms with van der Waals surface area (Å²) >= 11 is 5.93. The molecule has 0 amide bonds. The molecule has 4 rings (SSSR count). The first-order chi connectivity index (χ1) is 16.9. The number of rotatable bonds is 7. The van der Waals surface area contributed by atoms with Crippen molar-refractivity contribution >= 4 is 23.0 Å². The van der Waals surface area contributed by atoms with Crippen LogP contribution in [0.1, 0.15) is 40.8 Å². The van der Waals surface area contributed by atoms with E-state index in [0.717, 1.165) is 42.1 Å². The summed E-state index contributed by atoms with van der Waals surface area (Å²) in [7, 11) is 3.33. The van der Waals surface area contributed by atoms with E-state index in [1.165, 1.54) is 22.3 Å². The van der Waals surface area contributed by atoms with E-state index >= 15 is 0 Å². The molecule has 0 bridgehead atoms. The molecule has 0 saturated carbocycles. The largest absolute Gasteiger partial charge is 0.493 e. The van der Waals surface area contributed by atoms with Crippen molar-refractivity contribution in [2.45, 2.75) is 39.7 Å². The maximum absolute atomic E-state index is 6.30. The van der Waals surface area contributed by atoms with Gasteiger partial charge in [-0.2, -0.15) is 0 Å². The van der Waals surface area contributed by atoms with Gasteiger partial charge in [-0.1, -0.05) is 25.1 Å². The minimum absolute atomic E-state index is 0.0738. The lowest BCUT2D eigenvalue weighted by Crippen LogP contribution is -2.44. The molecule has 0 saturated heterocycles. The minimum Gasteiger partial charge on any atom is -0.493 e. The molecular weight excluding hydrogens is 456 g/mol. The lowest BCUT2D eigenvalue weighted by Gasteiger charge is -2.39. The SMILES string of the molecule is CCc1ccc(OCC2c3cc(OC)c(OC)cc3CCN2C(=S)Nc2cc(C)cc(C)c2)cc1. The Bertz CT molecular complexity index is 1170. The van der Waals surface area contributed by atoms with Gasteiger partial charge in [-0.3, -0.25) is 0 Å². The summed E-state index contributed by atoms with van der Waals surface area (Å²) in [5.41, 5.74) is 7.06. The van der Waals surface area contributed by atoms with E-state index < -0.39 is 0 Å². The van der Waals surface area contributed by atoms with Gasteiger partial charge in [-0.05, 0) is 103 Å².